The largest absolute Gasteiger partial charge is 0.386 e. The van der Waals surface area contributed by atoms with Gasteiger partial charge in [-0.2, -0.15) is 4.98 Å². The van der Waals surface area contributed by atoms with Crippen molar-refractivity contribution in [1.82, 2.24) is 14.9 Å². The SMILES string of the molecule is Cc1nc(=O)[nH]c(C)c1CC(=O)N1CC(O)(C2CC2)C1. The maximum absolute atomic E-state index is 12.2. The van der Waals surface area contributed by atoms with Crippen LogP contribution in [0.4, 0.5) is 0 Å². The van der Waals surface area contributed by atoms with Crippen LogP contribution in [0.5, 0.6) is 0 Å². The predicted octanol–water partition coefficient (Wildman–Crippen LogP) is -0.0875. The van der Waals surface area contributed by atoms with Gasteiger partial charge >= 0.3 is 5.69 Å². The number of amides is 1. The lowest BCUT2D eigenvalue weighted by atomic mass is 9.88. The zero-order valence-electron chi connectivity index (χ0n) is 11.8. The van der Waals surface area contributed by atoms with Crippen LogP contribution in [0.2, 0.25) is 0 Å². The Morgan fingerprint density at radius 3 is 2.65 bits per heavy atom. The molecule has 6 heteroatoms. The molecule has 108 valence electrons. The first kappa shape index (κ1) is 13.3. The van der Waals surface area contributed by atoms with Gasteiger partial charge in [0.25, 0.3) is 0 Å². The van der Waals surface area contributed by atoms with Crippen LogP contribution < -0.4 is 5.69 Å². The fourth-order valence-corrected chi connectivity index (χ4v) is 2.95. The number of aryl methyl sites for hydroxylation is 2. The minimum absolute atomic E-state index is 0.0182. The van der Waals surface area contributed by atoms with E-state index in [1.54, 1.807) is 18.7 Å². The topological polar surface area (TPSA) is 86.3 Å². The summed E-state index contributed by atoms with van der Waals surface area (Å²) in [5.74, 6) is 0.361. The van der Waals surface area contributed by atoms with Crippen LogP contribution in [0.25, 0.3) is 0 Å². The summed E-state index contributed by atoms with van der Waals surface area (Å²) >= 11 is 0. The number of hydrogen-bond acceptors (Lipinski definition) is 4. The van der Waals surface area contributed by atoms with Gasteiger partial charge in [-0.25, -0.2) is 4.79 Å². The number of β-amino-alcohol motifs (C(OH)–C–C–N with tert-alkyl or cyclic N) is 1. The van der Waals surface area contributed by atoms with Gasteiger partial charge < -0.3 is 15.0 Å². The van der Waals surface area contributed by atoms with Crippen LogP contribution in [0.15, 0.2) is 4.79 Å². The first-order valence-electron chi connectivity index (χ1n) is 6.95. The van der Waals surface area contributed by atoms with E-state index in [0.717, 1.165) is 18.4 Å². The van der Waals surface area contributed by atoms with E-state index in [4.69, 9.17) is 0 Å². The number of hydrogen-bond donors (Lipinski definition) is 2. The summed E-state index contributed by atoms with van der Waals surface area (Å²) < 4.78 is 0. The third-order valence-electron chi connectivity index (χ3n) is 4.40. The average molecular weight is 277 g/mol. The molecule has 1 saturated heterocycles. The molecule has 0 unspecified atom stereocenters. The molecule has 1 aromatic rings. The first-order valence-corrected chi connectivity index (χ1v) is 6.95. The second kappa shape index (κ2) is 4.41. The van der Waals surface area contributed by atoms with Crippen molar-refractivity contribution in [3.63, 3.8) is 0 Å². The van der Waals surface area contributed by atoms with Crippen LogP contribution in [0, 0.1) is 19.8 Å². The van der Waals surface area contributed by atoms with Crippen molar-refractivity contribution in [2.24, 2.45) is 5.92 Å². The fourth-order valence-electron chi connectivity index (χ4n) is 2.95. The molecule has 0 bridgehead atoms. The summed E-state index contributed by atoms with van der Waals surface area (Å²) in [5, 5.41) is 10.2. The summed E-state index contributed by atoms with van der Waals surface area (Å²) in [6.07, 6.45) is 2.36. The third kappa shape index (κ3) is 2.24. The summed E-state index contributed by atoms with van der Waals surface area (Å²) in [7, 11) is 0. The quantitative estimate of drug-likeness (QED) is 0.808. The van der Waals surface area contributed by atoms with Crippen molar-refractivity contribution in [3.8, 4) is 0 Å². The van der Waals surface area contributed by atoms with Crippen molar-refractivity contribution in [2.45, 2.75) is 38.7 Å². The lowest BCUT2D eigenvalue weighted by molar-refractivity contribution is -0.158. The van der Waals surface area contributed by atoms with Gasteiger partial charge in [0, 0.05) is 17.0 Å². The van der Waals surface area contributed by atoms with Crippen LogP contribution >= 0.6 is 0 Å². The molecule has 1 amide bonds. The van der Waals surface area contributed by atoms with Gasteiger partial charge in [0.1, 0.15) is 5.60 Å². The summed E-state index contributed by atoms with van der Waals surface area (Å²) in [6, 6.07) is 0. The Kier molecular flexibility index (Phi) is 2.93. The van der Waals surface area contributed by atoms with E-state index in [-0.39, 0.29) is 18.0 Å². The number of aromatic nitrogens is 2. The standard InChI is InChI=1S/C14H19N3O3/c1-8-11(9(2)16-13(19)15-8)5-12(18)17-6-14(20,7-17)10-3-4-10/h10,20H,3-7H2,1-2H3,(H,15,16,19). The highest BCUT2D eigenvalue weighted by atomic mass is 16.3. The molecular weight excluding hydrogens is 258 g/mol. The monoisotopic (exact) mass is 277 g/mol. The zero-order chi connectivity index (χ0) is 14.5. The molecule has 2 N–H and O–H groups in total. The highest BCUT2D eigenvalue weighted by Gasteiger charge is 2.53. The minimum Gasteiger partial charge on any atom is -0.386 e. The normalized spacial score (nSPS) is 20.6. The van der Waals surface area contributed by atoms with Gasteiger partial charge in [-0.15, -0.1) is 0 Å². The Labute approximate surface area is 116 Å². The van der Waals surface area contributed by atoms with Gasteiger partial charge in [0.05, 0.1) is 19.5 Å². The Bertz CT molecular complexity index is 586. The number of nitrogens with one attached hydrogen (secondary N) is 1. The molecule has 0 atom stereocenters. The maximum atomic E-state index is 12.2. The van der Waals surface area contributed by atoms with Gasteiger partial charge in [0.15, 0.2) is 0 Å². The Morgan fingerprint density at radius 2 is 2.10 bits per heavy atom. The van der Waals surface area contributed by atoms with E-state index in [9.17, 15) is 14.7 Å². The predicted molar refractivity (Wildman–Crippen MR) is 72.3 cm³/mol. The molecule has 0 radical (unpaired) electrons. The molecule has 2 aliphatic rings. The molecule has 1 aromatic heterocycles. The third-order valence-corrected chi connectivity index (χ3v) is 4.40. The van der Waals surface area contributed by atoms with Crippen molar-refractivity contribution >= 4 is 5.91 Å². The second-order valence-electron chi connectivity index (χ2n) is 6.04. The van der Waals surface area contributed by atoms with Gasteiger partial charge in [-0.05, 0) is 32.6 Å². The van der Waals surface area contributed by atoms with E-state index in [0.29, 0.717) is 30.4 Å². The summed E-state index contributed by atoms with van der Waals surface area (Å²) in [5.41, 5.74) is 1.02. The zero-order valence-corrected chi connectivity index (χ0v) is 11.8. The van der Waals surface area contributed by atoms with E-state index < -0.39 is 5.60 Å². The Hall–Kier alpha value is -1.69. The fraction of sp³-hybridized carbons (Fsp3) is 0.643. The minimum atomic E-state index is -0.650. The molecule has 1 aliphatic heterocycles. The maximum Gasteiger partial charge on any atom is 0.345 e. The molecule has 2 fully saturated rings. The second-order valence-corrected chi connectivity index (χ2v) is 6.04. The molecule has 3 rings (SSSR count). The van der Waals surface area contributed by atoms with E-state index in [2.05, 4.69) is 9.97 Å². The molecule has 1 saturated carbocycles. The number of carbonyl (C=O) groups is 1. The van der Waals surface area contributed by atoms with Crippen molar-refractivity contribution in [2.75, 3.05) is 13.1 Å². The van der Waals surface area contributed by atoms with Crippen molar-refractivity contribution in [1.29, 1.82) is 0 Å². The van der Waals surface area contributed by atoms with Gasteiger partial charge in [0.2, 0.25) is 5.91 Å². The summed E-state index contributed by atoms with van der Waals surface area (Å²) in [6.45, 7) is 4.38. The van der Waals surface area contributed by atoms with Crippen LogP contribution in [0.1, 0.15) is 29.8 Å². The number of aromatic amines is 1. The number of nitrogens with zero attached hydrogens (tertiary/aromatic N) is 2. The molecule has 0 aromatic carbocycles. The van der Waals surface area contributed by atoms with E-state index in [1.165, 1.54) is 0 Å². The van der Waals surface area contributed by atoms with E-state index >= 15 is 0 Å². The lowest BCUT2D eigenvalue weighted by Crippen LogP contribution is -2.65. The smallest absolute Gasteiger partial charge is 0.345 e. The number of carbonyl (C=O) groups excluding carboxylic acids is 1. The molecular formula is C14H19N3O3. The molecule has 20 heavy (non-hydrogen) atoms. The number of H-pyrrole nitrogens is 1. The van der Waals surface area contributed by atoms with Crippen LogP contribution in [-0.2, 0) is 11.2 Å². The first-order chi connectivity index (χ1) is 9.39. The van der Waals surface area contributed by atoms with Gasteiger partial charge in [-0.1, -0.05) is 0 Å². The van der Waals surface area contributed by atoms with Crippen molar-refractivity contribution < 1.29 is 9.90 Å². The Morgan fingerprint density at radius 1 is 1.45 bits per heavy atom. The van der Waals surface area contributed by atoms with E-state index in [1.807, 2.05) is 0 Å². The average Bonchev–Trinajstić information content (AvgIpc) is 3.13. The molecule has 6 nitrogen and oxygen atoms in total. The van der Waals surface area contributed by atoms with Gasteiger partial charge in [-0.3, -0.25) is 4.79 Å². The highest BCUT2D eigenvalue weighted by Crippen LogP contribution is 2.44. The summed E-state index contributed by atoms with van der Waals surface area (Å²) in [4.78, 5) is 31.6. The van der Waals surface area contributed by atoms with Crippen molar-refractivity contribution in [3.05, 3.63) is 27.4 Å². The number of rotatable bonds is 3. The number of likely N-dealkylation sites (tertiary alicyclic amines) is 1. The lowest BCUT2D eigenvalue weighted by Gasteiger charge is -2.47. The number of aliphatic hydroxyl groups is 1. The molecule has 1 aliphatic carbocycles. The molecule has 2 heterocycles. The Balaban J connectivity index is 1.67. The van der Waals surface area contributed by atoms with Crippen LogP contribution in [0.3, 0.4) is 0 Å². The molecule has 0 spiro atoms. The van der Waals surface area contributed by atoms with Crippen LogP contribution in [-0.4, -0.2) is 44.6 Å². The highest BCUT2D eigenvalue weighted by molar-refractivity contribution is 5.80.